The summed E-state index contributed by atoms with van der Waals surface area (Å²) in [5.41, 5.74) is 0.917. The average molecular weight is 527 g/mol. The van der Waals surface area contributed by atoms with Crippen molar-refractivity contribution in [1.29, 1.82) is 0 Å². The van der Waals surface area contributed by atoms with E-state index in [1.807, 2.05) is 30.1 Å². The summed E-state index contributed by atoms with van der Waals surface area (Å²) in [5.74, 6) is -3.07. The molecule has 2 N–H and O–H groups in total. The molecular weight excluding hydrogens is 490 g/mol. The maximum Gasteiger partial charge on any atom is 0.290 e. The number of carbonyl (C=O) groups is 2. The summed E-state index contributed by atoms with van der Waals surface area (Å²) in [6.07, 6.45) is 12.7. The van der Waals surface area contributed by atoms with E-state index in [9.17, 15) is 18.4 Å². The number of benzene rings is 1. The second-order valence-electron chi connectivity index (χ2n) is 9.22. The van der Waals surface area contributed by atoms with E-state index in [0.717, 1.165) is 24.8 Å². The topological polar surface area (TPSA) is 83.0 Å². The van der Waals surface area contributed by atoms with Gasteiger partial charge in [0.05, 0.1) is 12.0 Å². The molecular formula is C29H36F2N4O3. The Morgan fingerprint density at radius 1 is 1.26 bits per heavy atom. The van der Waals surface area contributed by atoms with Crippen LogP contribution in [0.25, 0.3) is 0 Å². The number of piperidine rings is 1. The number of aliphatic imine (C=N–C) groups is 1. The van der Waals surface area contributed by atoms with Crippen molar-refractivity contribution in [3.8, 4) is 0 Å². The monoisotopic (exact) mass is 526 g/mol. The highest BCUT2D eigenvalue weighted by Gasteiger charge is 2.34. The molecule has 0 aromatic heterocycles. The smallest absolute Gasteiger partial charge is 0.290 e. The molecule has 3 rings (SSSR count). The fraction of sp³-hybridized carbons (Fsp3) is 0.414. The van der Waals surface area contributed by atoms with Gasteiger partial charge in [0.2, 0.25) is 11.8 Å². The number of carbonyl (C=O) groups excluding carboxylic acids is 2. The third-order valence-corrected chi connectivity index (χ3v) is 6.40. The Kier molecular flexibility index (Phi) is 10.4. The van der Waals surface area contributed by atoms with Crippen LogP contribution < -0.4 is 15.5 Å². The van der Waals surface area contributed by atoms with E-state index in [1.165, 1.54) is 12.1 Å². The van der Waals surface area contributed by atoms with E-state index < -0.39 is 29.4 Å². The van der Waals surface area contributed by atoms with E-state index in [4.69, 9.17) is 4.74 Å². The number of amidine groups is 1. The number of nitrogens with one attached hydrogen (secondary N) is 2. The number of rotatable bonds is 10. The van der Waals surface area contributed by atoms with E-state index in [0.29, 0.717) is 30.6 Å². The van der Waals surface area contributed by atoms with Crippen molar-refractivity contribution in [2.45, 2.75) is 57.9 Å². The van der Waals surface area contributed by atoms with Crippen molar-refractivity contribution in [2.75, 3.05) is 25.0 Å². The molecule has 204 valence electrons. The molecule has 2 aliphatic rings. The van der Waals surface area contributed by atoms with E-state index in [2.05, 4.69) is 35.2 Å². The van der Waals surface area contributed by atoms with Gasteiger partial charge in [0.25, 0.3) is 6.02 Å². The maximum atomic E-state index is 14.9. The minimum Gasteiger partial charge on any atom is -0.426 e. The summed E-state index contributed by atoms with van der Waals surface area (Å²) in [5, 5.41) is 5.39. The third kappa shape index (κ3) is 7.18. The molecule has 9 heteroatoms. The molecule has 0 saturated carbocycles. The molecule has 0 radical (unpaired) electrons. The van der Waals surface area contributed by atoms with Crippen molar-refractivity contribution >= 4 is 23.5 Å². The van der Waals surface area contributed by atoms with Crippen LogP contribution in [0.4, 0.5) is 14.5 Å². The first kappa shape index (κ1) is 28.8. The summed E-state index contributed by atoms with van der Waals surface area (Å²) in [6, 6.07) is 2.76. The lowest BCUT2D eigenvalue weighted by molar-refractivity contribution is -0.134. The van der Waals surface area contributed by atoms with Gasteiger partial charge in [-0.15, -0.1) is 0 Å². The normalized spacial score (nSPS) is 19.4. The Hall–Kier alpha value is -3.75. The molecule has 7 nitrogen and oxygen atoms in total. The molecule has 1 unspecified atom stereocenters. The molecule has 1 aromatic rings. The van der Waals surface area contributed by atoms with Gasteiger partial charge in [0, 0.05) is 43.4 Å². The number of amides is 2. The van der Waals surface area contributed by atoms with Crippen LogP contribution in [0, 0.1) is 11.6 Å². The number of halogens is 2. The molecule has 0 aliphatic carbocycles. The average Bonchev–Trinajstić information content (AvgIpc) is 2.85. The van der Waals surface area contributed by atoms with Crippen molar-refractivity contribution in [2.24, 2.45) is 4.99 Å². The predicted molar refractivity (Wildman–Crippen MR) is 146 cm³/mol. The highest BCUT2D eigenvalue weighted by atomic mass is 19.1. The van der Waals surface area contributed by atoms with Gasteiger partial charge in [-0.1, -0.05) is 51.2 Å². The van der Waals surface area contributed by atoms with Gasteiger partial charge in [-0.05, 0) is 37.5 Å². The third-order valence-electron chi connectivity index (χ3n) is 6.40. The molecule has 2 amide bonds. The fourth-order valence-corrected chi connectivity index (χ4v) is 4.34. The molecule has 1 atom stereocenters. The van der Waals surface area contributed by atoms with Crippen molar-refractivity contribution in [3.63, 3.8) is 0 Å². The SMILES string of the molecule is C=CC(=C\C=C/CCC)/C(=C\CC)OC(=NC)NC1CN(c2cc(F)c(C3CCC(=O)NC3=O)c(F)c2)C1. The molecule has 2 fully saturated rings. The van der Waals surface area contributed by atoms with Gasteiger partial charge < -0.3 is 15.0 Å². The second-order valence-corrected chi connectivity index (χ2v) is 9.22. The Labute approximate surface area is 223 Å². The fourth-order valence-electron chi connectivity index (χ4n) is 4.34. The Balaban J connectivity index is 1.62. The van der Waals surface area contributed by atoms with Crippen LogP contribution in [0.5, 0.6) is 0 Å². The molecule has 0 spiro atoms. The number of ether oxygens (including phenoxy) is 1. The number of nitrogens with zero attached hydrogens (tertiary/aromatic N) is 2. The number of allylic oxidation sites excluding steroid dienone is 5. The van der Waals surface area contributed by atoms with Gasteiger partial charge in [-0.25, -0.2) is 13.8 Å². The zero-order valence-corrected chi connectivity index (χ0v) is 22.2. The van der Waals surface area contributed by atoms with Crippen LogP contribution in [0.1, 0.15) is 57.4 Å². The van der Waals surface area contributed by atoms with E-state index in [-0.39, 0.29) is 24.4 Å². The van der Waals surface area contributed by atoms with Crippen LogP contribution in [-0.2, 0) is 14.3 Å². The molecule has 2 aliphatic heterocycles. The van der Waals surface area contributed by atoms with Gasteiger partial charge in [-0.2, -0.15) is 0 Å². The number of anilines is 1. The lowest BCUT2D eigenvalue weighted by atomic mass is 9.89. The highest BCUT2D eigenvalue weighted by Crippen LogP contribution is 2.33. The lowest BCUT2D eigenvalue weighted by Gasteiger charge is -2.41. The van der Waals surface area contributed by atoms with Crippen molar-refractivity contribution < 1.29 is 23.1 Å². The van der Waals surface area contributed by atoms with Gasteiger partial charge in [0.1, 0.15) is 17.4 Å². The molecule has 1 aromatic carbocycles. The minimum absolute atomic E-state index is 0.0434. The first-order chi connectivity index (χ1) is 18.3. The molecule has 2 saturated heterocycles. The minimum atomic E-state index is -1.02. The Morgan fingerprint density at radius 3 is 2.55 bits per heavy atom. The molecule has 2 heterocycles. The zero-order chi connectivity index (χ0) is 27.7. The first-order valence-electron chi connectivity index (χ1n) is 13.0. The summed E-state index contributed by atoms with van der Waals surface area (Å²) in [4.78, 5) is 29.5. The largest absolute Gasteiger partial charge is 0.426 e. The predicted octanol–water partition coefficient (Wildman–Crippen LogP) is 5.03. The van der Waals surface area contributed by atoms with Crippen LogP contribution >= 0.6 is 0 Å². The molecule has 0 bridgehead atoms. The van der Waals surface area contributed by atoms with Crippen molar-refractivity contribution in [1.82, 2.24) is 10.6 Å². The molecule has 38 heavy (non-hydrogen) atoms. The first-order valence-corrected chi connectivity index (χ1v) is 13.0. The summed E-state index contributed by atoms with van der Waals surface area (Å²) >= 11 is 0. The van der Waals surface area contributed by atoms with Crippen molar-refractivity contribution in [3.05, 3.63) is 77.6 Å². The standard InChI is InChI=1S/C29H36F2N4O3/c1-5-8-9-10-12-19(7-3)25(11-6-2)38-29(32-4)33-20-17-35(18-20)21-15-23(30)27(24(31)16-21)22-13-14-26(36)34-28(22)37/h7,9-12,15-16,20,22H,3,5-6,8,13-14,17-18H2,1-2,4H3,(H,32,33)(H,34,36,37)/b10-9-,19-12+,25-11+. The van der Waals surface area contributed by atoms with Gasteiger partial charge in [-0.3, -0.25) is 14.9 Å². The van der Waals surface area contributed by atoms with Gasteiger partial charge >= 0.3 is 0 Å². The highest BCUT2D eigenvalue weighted by molar-refractivity contribution is 6.01. The number of hydrogen-bond donors (Lipinski definition) is 2. The summed E-state index contributed by atoms with van der Waals surface area (Å²) in [6.45, 7) is 9.00. The number of unbranched alkanes of at least 4 members (excludes halogenated alkanes) is 1. The number of hydrogen-bond acceptors (Lipinski definition) is 5. The Morgan fingerprint density at radius 2 is 1.97 bits per heavy atom. The summed E-state index contributed by atoms with van der Waals surface area (Å²) < 4.78 is 35.9. The van der Waals surface area contributed by atoms with Crippen LogP contribution in [-0.4, -0.2) is 44.0 Å². The second kappa shape index (κ2) is 13.7. The maximum absolute atomic E-state index is 14.9. The van der Waals surface area contributed by atoms with Gasteiger partial charge in [0.15, 0.2) is 0 Å². The lowest BCUT2D eigenvalue weighted by Crippen LogP contribution is -2.59. The quantitative estimate of drug-likeness (QED) is 0.147. The van der Waals surface area contributed by atoms with E-state index in [1.54, 1.807) is 13.1 Å². The van der Waals surface area contributed by atoms with Crippen LogP contribution in [0.15, 0.2) is 65.4 Å². The Bertz CT molecular complexity index is 1140. The number of imide groups is 1. The van der Waals surface area contributed by atoms with Crippen LogP contribution in [0.3, 0.4) is 0 Å². The zero-order valence-electron chi connectivity index (χ0n) is 22.2. The van der Waals surface area contributed by atoms with E-state index >= 15 is 0 Å². The van der Waals surface area contributed by atoms with Crippen LogP contribution in [0.2, 0.25) is 0 Å². The summed E-state index contributed by atoms with van der Waals surface area (Å²) in [7, 11) is 1.62.